The molecule has 1 saturated heterocycles. The molecule has 2 aliphatic carbocycles. The summed E-state index contributed by atoms with van der Waals surface area (Å²) in [6.07, 6.45) is 6.50. The minimum Gasteiger partial charge on any atom is -0.493 e. The normalized spacial score (nSPS) is 26.2. The van der Waals surface area contributed by atoms with Gasteiger partial charge in [0.25, 0.3) is 0 Å². The number of carbonyl (C=O) groups excluding carboxylic acids is 1. The Kier molecular flexibility index (Phi) is 6.82. The van der Waals surface area contributed by atoms with Crippen LogP contribution in [0.1, 0.15) is 44.1 Å². The van der Waals surface area contributed by atoms with Gasteiger partial charge < -0.3 is 20.1 Å². The molecular weight excluding hydrogens is 469 g/mol. The third-order valence-electron chi connectivity index (χ3n) is 8.03. The SMILES string of the molecule is COc1ccc([C@@]23CC[C@@H](NC(=O)Nc4ccc(F)c(Cl)c4)C[C@@H]2N(CC2CC2)CC3)cc1OC. The van der Waals surface area contributed by atoms with Crippen molar-refractivity contribution in [3.63, 3.8) is 0 Å². The number of carbonyl (C=O) groups is 1. The zero-order valence-corrected chi connectivity index (χ0v) is 21.0. The van der Waals surface area contributed by atoms with Crippen molar-refractivity contribution in [2.24, 2.45) is 5.92 Å². The first-order chi connectivity index (χ1) is 16.9. The van der Waals surface area contributed by atoms with Gasteiger partial charge in [-0.2, -0.15) is 0 Å². The lowest BCUT2D eigenvalue weighted by Gasteiger charge is -2.45. The Balaban J connectivity index is 1.33. The highest BCUT2D eigenvalue weighted by Crippen LogP contribution is 2.51. The Labute approximate surface area is 211 Å². The van der Waals surface area contributed by atoms with Crippen LogP contribution in [0.25, 0.3) is 0 Å². The van der Waals surface area contributed by atoms with Gasteiger partial charge in [-0.3, -0.25) is 4.90 Å². The Morgan fingerprint density at radius 3 is 2.63 bits per heavy atom. The summed E-state index contributed by atoms with van der Waals surface area (Å²) in [5.41, 5.74) is 1.80. The lowest BCUT2D eigenvalue weighted by atomic mass is 9.65. The van der Waals surface area contributed by atoms with E-state index in [-0.39, 0.29) is 22.5 Å². The van der Waals surface area contributed by atoms with Gasteiger partial charge in [0.2, 0.25) is 0 Å². The second-order valence-electron chi connectivity index (χ2n) is 10.1. The van der Waals surface area contributed by atoms with Gasteiger partial charge in [0.1, 0.15) is 5.82 Å². The van der Waals surface area contributed by atoms with Crippen molar-refractivity contribution in [2.45, 2.75) is 56.0 Å². The van der Waals surface area contributed by atoms with Gasteiger partial charge in [-0.05, 0) is 86.9 Å². The van der Waals surface area contributed by atoms with Crippen LogP contribution in [-0.2, 0) is 5.41 Å². The summed E-state index contributed by atoms with van der Waals surface area (Å²) in [4.78, 5) is 15.4. The average molecular weight is 502 g/mol. The summed E-state index contributed by atoms with van der Waals surface area (Å²) in [7, 11) is 3.34. The van der Waals surface area contributed by atoms with E-state index in [1.165, 1.54) is 36.6 Å². The molecule has 5 rings (SSSR count). The van der Waals surface area contributed by atoms with Crippen molar-refractivity contribution in [1.29, 1.82) is 0 Å². The van der Waals surface area contributed by atoms with Crippen LogP contribution in [0.5, 0.6) is 11.5 Å². The lowest BCUT2D eigenvalue weighted by molar-refractivity contribution is 0.132. The van der Waals surface area contributed by atoms with Crippen LogP contribution in [-0.4, -0.2) is 50.3 Å². The van der Waals surface area contributed by atoms with E-state index in [0.717, 1.165) is 56.2 Å². The summed E-state index contributed by atoms with van der Waals surface area (Å²) in [6, 6.07) is 10.7. The van der Waals surface area contributed by atoms with E-state index in [4.69, 9.17) is 21.1 Å². The van der Waals surface area contributed by atoms with Gasteiger partial charge in [-0.1, -0.05) is 17.7 Å². The van der Waals surface area contributed by atoms with Crippen LogP contribution in [0.3, 0.4) is 0 Å². The Hall–Kier alpha value is -2.51. The van der Waals surface area contributed by atoms with Gasteiger partial charge in [0.15, 0.2) is 11.5 Å². The highest BCUT2D eigenvalue weighted by molar-refractivity contribution is 6.31. The maximum Gasteiger partial charge on any atom is 0.319 e. The first-order valence-corrected chi connectivity index (χ1v) is 12.8. The van der Waals surface area contributed by atoms with Gasteiger partial charge in [-0.25, -0.2) is 9.18 Å². The molecule has 0 aromatic heterocycles. The van der Waals surface area contributed by atoms with Crippen molar-refractivity contribution in [3.05, 3.63) is 52.8 Å². The number of urea groups is 1. The topological polar surface area (TPSA) is 62.8 Å². The minimum atomic E-state index is -0.506. The van der Waals surface area contributed by atoms with Gasteiger partial charge in [0, 0.05) is 29.7 Å². The quantitative estimate of drug-likeness (QED) is 0.519. The number of rotatable bonds is 7. The number of fused-ring (bicyclic) bond motifs is 1. The monoisotopic (exact) mass is 501 g/mol. The summed E-state index contributed by atoms with van der Waals surface area (Å²) in [5, 5.41) is 5.94. The molecule has 188 valence electrons. The van der Waals surface area contributed by atoms with Crippen molar-refractivity contribution in [2.75, 3.05) is 32.6 Å². The Morgan fingerprint density at radius 1 is 1.11 bits per heavy atom. The highest BCUT2D eigenvalue weighted by Gasteiger charge is 2.52. The highest BCUT2D eigenvalue weighted by atomic mass is 35.5. The molecule has 3 atom stereocenters. The van der Waals surface area contributed by atoms with Crippen LogP contribution in [0, 0.1) is 11.7 Å². The second kappa shape index (κ2) is 9.86. The smallest absolute Gasteiger partial charge is 0.319 e. The average Bonchev–Trinajstić information content (AvgIpc) is 3.61. The molecule has 3 aliphatic rings. The number of benzene rings is 2. The summed E-state index contributed by atoms with van der Waals surface area (Å²) >= 11 is 5.86. The number of methoxy groups -OCH3 is 2. The number of nitrogens with one attached hydrogen (secondary N) is 2. The Morgan fingerprint density at radius 2 is 1.91 bits per heavy atom. The molecule has 0 spiro atoms. The molecule has 0 bridgehead atoms. The fourth-order valence-electron chi connectivity index (χ4n) is 6.04. The van der Waals surface area contributed by atoms with Crippen molar-refractivity contribution < 1.29 is 18.7 Å². The minimum absolute atomic E-state index is 0.0122. The molecular formula is C27H33ClFN3O3. The fourth-order valence-corrected chi connectivity index (χ4v) is 6.22. The zero-order chi connectivity index (χ0) is 24.6. The summed E-state index contributed by atoms with van der Waals surface area (Å²) in [6.45, 7) is 2.20. The molecule has 3 fully saturated rings. The Bertz CT molecular complexity index is 1100. The van der Waals surface area contributed by atoms with Crippen LogP contribution < -0.4 is 20.1 Å². The van der Waals surface area contributed by atoms with E-state index < -0.39 is 5.82 Å². The molecule has 1 aliphatic heterocycles. The van der Waals surface area contributed by atoms with E-state index in [9.17, 15) is 9.18 Å². The molecule has 2 aromatic rings. The van der Waals surface area contributed by atoms with E-state index in [1.807, 2.05) is 6.07 Å². The number of anilines is 1. The predicted molar refractivity (Wildman–Crippen MR) is 135 cm³/mol. The molecule has 35 heavy (non-hydrogen) atoms. The van der Waals surface area contributed by atoms with Gasteiger partial charge >= 0.3 is 6.03 Å². The first-order valence-electron chi connectivity index (χ1n) is 12.4. The number of hydrogen-bond acceptors (Lipinski definition) is 4. The molecule has 2 saturated carbocycles. The molecule has 8 heteroatoms. The number of amides is 2. The van der Waals surface area contributed by atoms with Crippen molar-refractivity contribution >= 4 is 23.3 Å². The first kappa shape index (κ1) is 24.2. The number of nitrogens with zero attached hydrogens (tertiary/aromatic N) is 1. The van der Waals surface area contributed by atoms with E-state index >= 15 is 0 Å². The molecule has 0 radical (unpaired) electrons. The number of hydrogen-bond donors (Lipinski definition) is 2. The maximum atomic E-state index is 13.5. The fraction of sp³-hybridized carbons (Fsp3) is 0.519. The molecule has 6 nitrogen and oxygen atoms in total. The van der Waals surface area contributed by atoms with Crippen LogP contribution in [0.15, 0.2) is 36.4 Å². The van der Waals surface area contributed by atoms with Crippen LogP contribution in [0.2, 0.25) is 5.02 Å². The molecule has 2 N–H and O–H groups in total. The largest absolute Gasteiger partial charge is 0.493 e. The number of ether oxygens (including phenoxy) is 2. The van der Waals surface area contributed by atoms with E-state index in [2.05, 4.69) is 27.7 Å². The summed E-state index contributed by atoms with van der Waals surface area (Å²) in [5.74, 6) is 1.80. The van der Waals surface area contributed by atoms with E-state index in [0.29, 0.717) is 11.7 Å². The maximum absolute atomic E-state index is 13.5. The zero-order valence-electron chi connectivity index (χ0n) is 20.3. The van der Waals surface area contributed by atoms with E-state index in [1.54, 1.807) is 14.2 Å². The lowest BCUT2D eigenvalue weighted by Crippen LogP contribution is -2.53. The van der Waals surface area contributed by atoms with Crippen LogP contribution >= 0.6 is 11.6 Å². The van der Waals surface area contributed by atoms with Gasteiger partial charge in [0.05, 0.1) is 19.2 Å². The van der Waals surface area contributed by atoms with Crippen molar-refractivity contribution in [1.82, 2.24) is 10.2 Å². The third-order valence-corrected chi connectivity index (χ3v) is 8.32. The predicted octanol–water partition coefficient (Wildman–Crippen LogP) is 5.59. The van der Waals surface area contributed by atoms with Crippen LogP contribution in [0.4, 0.5) is 14.9 Å². The second-order valence-corrected chi connectivity index (χ2v) is 10.5. The summed E-state index contributed by atoms with van der Waals surface area (Å²) < 4.78 is 24.5. The van der Waals surface area contributed by atoms with Crippen molar-refractivity contribution in [3.8, 4) is 11.5 Å². The molecule has 2 aromatic carbocycles. The van der Waals surface area contributed by atoms with Gasteiger partial charge in [-0.15, -0.1) is 0 Å². The molecule has 1 heterocycles. The molecule has 2 amide bonds. The third kappa shape index (κ3) is 4.94. The number of likely N-dealkylation sites (tertiary alicyclic amines) is 1. The number of halogens is 2. The molecule has 0 unspecified atom stereocenters. The standard InChI is InChI=1S/C27H33ClFN3O3/c1-34-23-8-5-18(13-24(23)35-2)27-10-9-20(15-25(27)32(12-11-27)16-17-3-4-17)31-26(33)30-19-6-7-22(29)21(28)14-19/h5-8,13-14,17,20,25H,3-4,9-12,15-16H2,1-2H3,(H2,30,31,33)/t20-,25+,27+/m1/s1.